The number of hydrogen-bond acceptors (Lipinski definition) is 2. The molecular weight excluding hydrogens is 228 g/mol. The van der Waals surface area contributed by atoms with Crippen LogP contribution in [0.4, 0.5) is 5.69 Å². The molecule has 1 N–H and O–H groups in total. The van der Waals surface area contributed by atoms with Crippen molar-refractivity contribution >= 4 is 11.6 Å². The Balaban J connectivity index is 2.09. The van der Waals surface area contributed by atoms with E-state index >= 15 is 0 Å². The lowest BCUT2D eigenvalue weighted by Crippen LogP contribution is -2.26. The lowest BCUT2D eigenvalue weighted by atomic mass is 10.2. The highest BCUT2D eigenvalue weighted by Gasteiger charge is 2.05. The second-order valence-corrected chi connectivity index (χ2v) is 4.03. The predicted octanol–water partition coefficient (Wildman–Crippen LogP) is 1.80. The van der Waals surface area contributed by atoms with E-state index in [-0.39, 0.29) is 18.0 Å². The summed E-state index contributed by atoms with van der Waals surface area (Å²) in [4.78, 5) is 23.3. The molecule has 0 unspecified atom stereocenters. The van der Waals surface area contributed by atoms with Gasteiger partial charge in [0.2, 0.25) is 5.91 Å². The van der Waals surface area contributed by atoms with Crippen LogP contribution >= 0.6 is 0 Å². The van der Waals surface area contributed by atoms with Crippen molar-refractivity contribution in [3.63, 3.8) is 0 Å². The van der Waals surface area contributed by atoms with E-state index in [2.05, 4.69) is 5.32 Å². The highest BCUT2D eigenvalue weighted by molar-refractivity contribution is 5.91. The summed E-state index contributed by atoms with van der Waals surface area (Å²) in [6, 6.07) is 12.3. The van der Waals surface area contributed by atoms with Crippen LogP contribution in [0.1, 0.15) is 5.56 Å². The lowest BCUT2D eigenvalue weighted by molar-refractivity contribution is -0.116. The van der Waals surface area contributed by atoms with Gasteiger partial charge in [0.15, 0.2) is 0 Å². The maximum Gasteiger partial charge on any atom is 0.250 e. The molecule has 1 amide bonds. The average Bonchev–Trinajstić information content (AvgIpc) is 2.35. The first-order valence-corrected chi connectivity index (χ1v) is 5.68. The van der Waals surface area contributed by atoms with Gasteiger partial charge in [-0.1, -0.05) is 24.3 Å². The van der Waals surface area contributed by atoms with Crippen LogP contribution in [0.25, 0.3) is 0 Å². The first kappa shape index (κ1) is 12.1. The van der Waals surface area contributed by atoms with Crippen molar-refractivity contribution in [3.8, 4) is 0 Å². The highest BCUT2D eigenvalue weighted by Crippen LogP contribution is 2.12. The number of benzene rings is 1. The second-order valence-electron chi connectivity index (χ2n) is 4.03. The number of para-hydroxylation sites is 1. The molecule has 0 aliphatic rings. The third-order valence-corrected chi connectivity index (χ3v) is 2.63. The Morgan fingerprint density at radius 2 is 1.89 bits per heavy atom. The molecular formula is C14H14N2O2. The van der Waals surface area contributed by atoms with Crippen LogP contribution < -0.4 is 10.9 Å². The fourth-order valence-electron chi connectivity index (χ4n) is 1.65. The molecule has 4 heteroatoms. The van der Waals surface area contributed by atoms with Crippen LogP contribution in [-0.2, 0) is 11.3 Å². The zero-order chi connectivity index (χ0) is 13.0. The Hall–Kier alpha value is -2.36. The van der Waals surface area contributed by atoms with Gasteiger partial charge in [0, 0.05) is 18.0 Å². The number of pyridine rings is 1. The summed E-state index contributed by atoms with van der Waals surface area (Å²) >= 11 is 0. The van der Waals surface area contributed by atoms with Crippen LogP contribution in [0.5, 0.6) is 0 Å². The smallest absolute Gasteiger partial charge is 0.250 e. The van der Waals surface area contributed by atoms with Gasteiger partial charge < -0.3 is 9.88 Å². The molecule has 0 bridgehead atoms. The van der Waals surface area contributed by atoms with E-state index in [9.17, 15) is 9.59 Å². The number of nitrogens with one attached hydrogen (secondary N) is 1. The molecule has 0 atom stereocenters. The number of hydrogen-bond donors (Lipinski definition) is 1. The Morgan fingerprint density at radius 3 is 2.61 bits per heavy atom. The molecule has 1 aromatic carbocycles. The van der Waals surface area contributed by atoms with E-state index in [0.29, 0.717) is 0 Å². The number of aryl methyl sites for hydroxylation is 1. The van der Waals surface area contributed by atoms with Gasteiger partial charge in [0.1, 0.15) is 6.54 Å². The van der Waals surface area contributed by atoms with Crippen molar-refractivity contribution in [3.05, 3.63) is 64.6 Å². The molecule has 0 fully saturated rings. The molecule has 1 aromatic heterocycles. The maximum atomic E-state index is 11.8. The van der Waals surface area contributed by atoms with Crippen LogP contribution in [0, 0.1) is 6.92 Å². The predicted molar refractivity (Wildman–Crippen MR) is 70.5 cm³/mol. The van der Waals surface area contributed by atoms with Crippen molar-refractivity contribution in [2.75, 3.05) is 5.32 Å². The maximum absolute atomic E-state index is 11.8. The molecule has 0 spiro atoms. The van der Waals surface area contributed by atoms with Crippen LogP contribution in [-0.4, -0.2) is 10.5 Å². The first-order chi connectivity index (χ1) is 8.66. The van der Waals surface area contributed by atoms with E-state index in [1.807, 2.05) is 31.2 Å². The minimum absolute atomic E-state index is 0.0218. The Kier molecular flexibility index (Phi) is 3.57. The number of amides is 1. The zero-order valence-electron chi connectivity index (χ0n) is 10.1. The molecule has 2 aromatic rings. The first-order valence-electron chi connectivity index (χ1n) is 5.68. The van der Waals surface area contributed by atoms with E-state index in [4.69, 9.17) is 0 Å². The molecule has 2 rings (SSSR count). The molecule has 0 aliphatic heterocycles. The molecule has 4 nitrogen and oxygen atoms in total. The number of rotatable bonds is 3. The van der Waals surface area contributed by atoms with Crippen molar-refractivity contribution < 1.29 is 4.79 Å². The molecule has 18 heavy (non-hydrogen) atoms. The molecule has 0 radical (unpaired) electrons. The average molecular weight is 242 g/mol. The summed E-state index contributed by atoms with van der Waals surface area (Å²) in [5.41, 5.74) is 1.58. The summed E-state index contributed by atoms with van der Waals surface area (Å²) in [6.45, 7) is 1.94. The van der Waals surface area contributed by atoms with E-state index in [1.165, 1.54) is 10.6 Å². The quantitative estimate of drug-likeness (QED) is 0.892. The third-order valence-electron chi connectivity index (χ3n) is 2.63. The zero-order valence-corrected chi connectivity index (χ0v) is 10.1. The van der Waals surface area contributed by atoms with E-state index in [1.54, 1.807) is 18.3 Å². The topological polar surface area (TPSA) is 51.1 Å². The third kappa shape index (κ3) is 2.85. The molecule has 1 heterocycles. The molecule has 0 aliphatic carbocycles. The molecule has 92 valence electrons. The number of anilines is 1. The van der Waals surface area contributed by atoms with Gasteiger partial charge in [0.25, 0.3) is 5.56 Å². The van der Waals surface area contributed by atoms with Crippen molar-refractivity contribution in [2.45, 2.75) is 13.5 Å². The highest BCUT2D eigenvalue weighted by atomic mass is 16.2. The fourth-order valence-corrected chi connectivity index (χ4v) is 1.65. The molecule has 0 saturated heterocycles. The standard InChI is InChI=1S/C14H14N2O2/c1-11-6-2-3-7-12(11)15-13(17)10-16-9-5-4-8-14(16)18/h2-9H,10H2,1H3,(H,15,17). The molecule has 0 saturated carbocycles. The number of aromatic nitrogens is 1. The second kappa shape index (κ2) is 5.31. The normalized spacial score (nSPS) is 10.1. The number of carbonyl (C=O) groups excluding carboxylic acids is 1. The number of nitrogens with zero attached hydrogens (tertiary/aromatic N) is 1. The minimum Gasteiger partial charge on any atom is -0.324 e. The van der Waals surface area contributed by atoms with Gasteiger partial charge in [-0.05, 0) is 24.6 Å². The van der Waals surface area contributed by atoms with Gasteiger partial charge >= 0.3 is 0 Å². The van der Waals surface area contributed by atoms with Crippen LogP contribution in [0.2, 0.25) is 0 Å². The van der Waals surface area contributed by atoms with E-state index in [0.717, 1.165) is 11.3 Å². The summed E-state index contributed by atoms with van der Waals surface area (Å²) in [5.74, 6) is -0.211. The fraction of sp³-hybridized carbons (Fsp3) is 0.143. The van der Waals surface area contributed by atoms with Crippen molar-refractivity contribution in [2.24, 2.45) is 0 Å². The minimum atomic E-state index is -0.211. The monoisotopic (exact) mass is 242 g/mol. The van der Waals surface area contributed by atoms with E-state index < -0.39 is 0 Å². The van der Waals surface area contributed by atoms with Gasteiger partial charge in [-0.2, -0.15) is 0 Å². The summed E-state index contributed by atoms with van der Waals surface area (Å²) in [7, 11) is 0. The van der Waals surface area contributed by atoms with Crippen molar-refractivity contribution in [1.29, 1.82) is 0 Å². The van der Waals surface area contributed by atoms with Crippen molar-refractivity contribution in [1.82, 2.24) is 4.57 Å². The SMILES string of the molecule is Cc1ccccc1NC(=O)Cn1ccccc1=O. The van der Waals surface area contributed by atoms with Gasteiger partial charge in [-0.15, -0.1) is 0 Å². The van der Waals surface area contributed by atoms with Gasteiger partial charge in [-0.3, -0.25) is 9.59 Å². The van der Waals surface area contributed by atoms with Gasteiger partial charge in [0.05, 0.1) is 0 Å². The largest absolute Gasteiger partial charge is 0.324 e. The number of carbonyl (C=O) groups is 1. The summed E-state index contributed by atoms with van der Waals surface area (Å²) in [5, 5.41) is 2.79. The summed E-state index contributed by atoms with van der Waals surface area (Å²) < 4.78 is 1.37. The Morgan fingerprint density at radius 1 is 1.17 bits per heavy atom. The Bertz CT molecular complexity index is 617. The van der Waals surface area contributed by atoms with Gasteiger partial charge in [-0.25, -0.2) is 0 Å². The van der Waals surface area contributed by atoms with Crippen LogP contribution in [0.3, 0.4) is 0 Å². The summed E-state index contributed by atoms with van der Waals surface area (Å²) in [6.07, 6.45) is 1.60. The van der Waals surface area contributed by atoms with Crippen LogP contribution in [0.15, 0.2) is 53.5 Å². The Labute approximate surface area is 105 Å². The lowest BCUT2D eigenvalue weighted by Gasteiger charge is -2.09.